The zero-order valence-electron chi connectivity index (χ0n) is 12.1. The van der Waals surface area contributed by atoms with Gasteiger partial charge in [0, 0.05) is 11.4 Å². The van der Waals surface area contributed by atoms with Crippen LogP contribution in [-0.2, 0) is 0 Å². The van der Waals surface area contributed by atoms with Gasteiger partial charge in [-0.25, -0.2) is 9.97 Å². The van der Waals surface area contributed by atoms with Crippen LogP contribution in [-0.4, -0.2) is 9.97 Å². The molecule has 4 nitrogen and oxygen atoms in total. The van der Waals surface area contributed by atoms with Crippen LogP contribution in [0.5, 0.6) is 11.6 Å². The number of fused-ring (bicyclic) bond motifs is 1. The molecule has 0 radical (unpaired) electrons. The third-order valence-electron chi connectivity index (χ3n) is 3.36. The number of hydrogen-bond donors (Lipinski definition) is 1. The molecule has 23 heavy (non-hydrogen) atoms. The molecule has 0 spiro atoms. The highest BCUT2D eigenvalue weighted by Crippen LogP contribution is 2.30. The van der Waals surface area contributed by atoms with Gasteiger partial charge in [-0.3, -0.25) is 0 Å². The Morgan fingerprint density at radius 2 is 1.61 bits per heavy atom. The number of thiophene rings is 1. The van der Waals surface area contributed by atoms with Crippen molar-refractivity contribution in [3.63, 3.8) is 0 Å². The smallest absolute Gasteiger partial charge is 0.231 e. The topological polar surface area (TPSA) is 47.0 Å². The number of para-hydroxylation sites is 1. The lowest BCUT2D eigenvalue weighted by atomic mass is 10.2. The average molecular weight is 319 g/mol. The monoisotopic (exact) mass is 319 g/mol. The predicted molar refractivity (Wildman–Crippen MR) is 93.7 cm³/mol. The fraction of sp³-hybridized carbons (Fsp3) is 0. The quantitative estimate of drug-likeness (QED) is 0.559. The number of nitrogens with zero attached hydrogens (tertiary/aromatic N) is 2. The molecule has 112 valence electrons. The first-order valence-electron chi connectivity index (χ1n) is 7.17. The normalized spacial score (nSPS) is 10.6. The van der Waals surface area contributed by atoms with Crippen LogP contribution < -0.4 is 10.1 Å². The molecule has 5 heteroatoms. The summed E-state index contributed by atoms with van der Waals surface area (Å²) in [6, 6.07) is 19.8. The molecule has 0 aliphatic rings. The predicted octanol–water partition coefficient (Wildman–Crippen LogP) is 5.23. The standard InChI is InChI=1S/C18H13N3OS/c1-2-4-13(5-3-1)21-14-6-8-15(9-7-14)22-17-16-10-11-23-18(16)20-12-19-17/h1-12,21H. The van der Waals surface area contributed by atoms with E-state index in [0.29, 0.717) is 5.88 Å². The number of nitrogens with one attached hydrogen (secondary N) is 1. The Hall–Kier alpha value is -2.92. The molecule has 2 heterocycles. The second-order valence-electron chi connectivity index (χ2n) is 4.94. The van der Waals surface area contributed by atoms with Crippen molar-refractivity contribution in [2.24, 2.45) is 0 Å². The molecule has 4 rings (SSSR count). The van der Waals surface area contributed by atoms with Gasteiger partial charge in [-0.05, 0) is 47.8 Å². The molecule has 0 saturated heterocycles. The van der Waals surface area contributed by atoms with Crippen LogP contribution in [0.4, 0.5) is 11.4 Å². The van der Waals surface area contributed by atoms with Crippen molar-refractivity contribution in [3.05, 3.63) is 72.4 Å². The Balaban J connectivity index is 1.53. The highest BCUT2D eigenvalue weighted by atomic mass is 32.1. The summed E-state index contributed by atoms with van der Waals surface area (Å²) in [5.74, 6) is 1.33. The van der Waals surface area contributed by atoms with Crippen LogP contribution in [0.2, 0.25) is 0 Å². The average Bonchev–Trinajstić information content (AvgIpc) is 3.07. The first-order valence-corrected chi connectivity index (χ1v) is 8.05. The van der Waals surface area contributed by atoms with E-state index < -0.39 is 0 Å². The van der Waals surface area contributed by atoms with E-state index in [4.69, 9.17) is 4.74 Å². The summed E-state index contributed by atoms with van der Waals surface area (Å²) in [4.78, 5) is 9.37. The third-order valence-corrected chi connectivity index (χ3v) is 4.18. The molecule has 0 aliphatic carbocycles. The number of aromatic nitrogens is 2. The molecule has 0 aliphatic heterocycles. The Morgan fingerprint density at radius 3 is 2.43 bits per heavy atom. The van der Waals surface area contributed by atoms with Crippen LogP contribution in [0.15, 0.2) is 72.4 Å². The maximum atomic E-state index is 5.88. The lowest BCUT2D eigenvalue weighted by Gasteiger charge is -2.08. The van der Waals surface area contributed by atoms with Crippen molar-refractivity contribution >= 4 is 32.9 Å². The largest absolute Gasteiger partial charge is 0.438 e. The molecule has 4 aromatic rings. The Kier molecular flexibility index (Phi) is 3.62. The highest BCUT2D eigenvalue weighted by molar-refractivity contribution is 7.16. The van der Waals surface area contributed by atoms with E-state index in [1.807, 2.05) is 66.0 Å². The Morgan fingerprint density at radius 1 is 0.826 bits per heavy atom. The molecule has 2 aromatic heterocycles. The van der Waals surface area contributed by atoms with Crippen LogP contribution >= 0.6 is 11.3 Å². The van der Waals surface area contributed by atoms with Crippen molar-refractivity contribution < 1.29 is 4.74 Å². The first kappa shape index (κ1) is 13.7. The molecule has 0 unspecified atom stereocenters. The lowest BCUT2D eigenvalue weighted by Crippen LogP contribution is -1.91. The summed E-state index contributed by atoms with van der Waals surface area (Å²) >= 11 is 1.57. The minimum atomic E-state index is 0.583. The fourth-order valence-corrected chi connectivity index (χ4v) is 2.98. The Labute approximate surface area is 137 Å². The summed E-state index contributed by atoms with van der Waals surface area (Å²) in [7, 11) is 0. The van der Waals surface area contributed by atoms with E-state index in [-0.39, 0.29) is 0 Å². The first-order chi connectivity index (χ1) is 11.4. The molecule has 0 saturated carbocycles. The summed E-state index contributed by atoms with van der Waals surface area (Å²) in [5.41, 5.74) is 2.06. The summed E-state index contributed by atoms with van der Waals surface area (Å²) < 4.78 is 5.88. The van der Waals surface area contributed by atoms with E-state index in [2.05, 4.69) is 15.3 Å². The molecule has 1 N–H and O–H groups in total. The fourth-order valence-electron chi connectivity index (χ4n) is 2.25. The molecule has 0 bridgehead atoms. The van der Waals surface area contributed by atoms with E-state index in [0.717, 1.165) is 27.3 Å². The zero-order chi connectivity index (χ0) is 15.5. The minimum absolute atomic E-state index is 0.583. The zero-order valence-corrected chi connectivity index (χ0v) is 13.0. The van der Waals surface area contributed by atoms with Crippen LogP contribution in [0.25, 0.3) is 10.2 Å². The van der Waals surface area contributed by atoms with E-state index >= 15 is 0 Å². The van der Waals surface area contributed by atoms with Gasteiger partial charge in [-0.15, -0.1) is 11.3 Å². The van der Waals surface area contributed by atoms with E-state index in [1.54, 1.807) is 11.3 Å². The molecular formula is C18H13N3OS. The highest BCUT2D eigenvalue weighted by Gasteiger charge is 2.07. The van der Waals surface area contributed by atoms with Crippen molar-refractivity contribution in [2.45, 2.75) is 0 Å². The van der Waals surface area contributed by atoms with Gasteiger partial charge in [-0.1, -0.05) is 18.2 Å². The van der Waals surface area contributed by atoms with Gasteiger partial charge in [0.05, 0.1) is 5.39 Å². The summed E-state index contributed by atoms with van der Waals surface area (Å²) in [5, 5.41) is 6.26. The van der Waals surface area contributed by atoms with E-state index in [1.165, 1.54) is 6.33 Å². The second-order valence-corrected chi connectivity index (χ2v) is 5.83. The molecular weight excluding hydrogens is 306 g/mol. The Bertz CT molecular complexity index is 920. The van der Waals surface area contributed by atoms with Crippen LogP contribution in [0.3, 0.4) is 0 Å². The maximum Gasteiger partial charge on any atom is 0.231 e. The van der Waals surface area contributed by atoms with Gasteiger partial charge in [0.25, 0.3) is 0 Å². The number of anilines is 2. The van der Waals surface area contributed by atoms with Gasteiger partial charge >= 0.3 is 0 Å². The van der Waals surface area contributed by atoms with Crippen molar-refractivity contribution in [1.82, 2.24) is 9.97 Å². The summed E-state index contributed by atoms with van der Waals surface area (Å²) in [6.07, 6.45) is 1.53. The molecule has 0 fully saturated rings. The maximum absolute atomic E-state index is 5.88. The summed E-state index contributed by atoms with van der Waals surface area (Å²) in [6.45, 7) is 0. The van der Waals surface area contributed by atoms with Gasteiger partial charge in [0.2, 0.25) is 5.88 Å². The number of ether oxygens (including phenoxy) is 1. The van der Waals surface area contributed by atoms with Crippen molar-refractivity contribution in [2.75, 3.05) is 5.32 Å². The SMILES string of the molecule is c1ccc(Nc2ccc(Oc3ncnc4sccc34)cc2)cc1. The van der Waals surface area contributed by atoms with Crippen molar-refractivity contribution in [1.29, 1.82) is 0 Å². The van der Waals surface area contributed by atoms with Gasteiger partial charge in [0.15, 0.2) is 0 Å². The molecule has 0 amide bonds. The van der Waals surface area contributed by atoms with Gasteiger partial charge in [-0.2, -0.15) is 0 Å². The van der Waals surface area contributed by atoms with Crippen molar-refractivity contribution in [3.8, 4) is 11.6 Å². The van der Waals surface area contributed by atoms with Crippen LogP contribution in [0.1, 0.15) is 0 Å². The number of rotatable bonds is 4. The second kappa shape index (κ2) is 6.06. The van der Waals surface area contributed by atoms with Gasteiger partial charge in [0.1, 0.15) is 16.9 Å². The number of hydrogen-bond acceptors (Lipinski definition) is 5. The lowest BCUT2D eigenvalue weighted by molar-refractivity contribution is 0.468. The van der Waals surface area contributed by atoms with Crippen LogP contribution in [0, 0.1) is 0 Å². The minimum Gasteiger partial charge on any atom is -0.438 e. The molecule has 0 atom stereocenters. The third kappa shape index (κ3) is 3.00. The van der Waals surface area contributed by atoms with Gasteiger partial charge < -0.3 is 10.1 Å². The molecule has 2 aromatic carbocycles. The van der Waals surface area contributed by atoms with E-state index in [9.17, 15) is 0 Å². The number of benzene rings is 2.